The van der Waals surface area contributed by atoms with Gasteiger partial charge in [0.1, 0.15) is 0 Å². The number of rotatable bonds is 3. The zero-order valence-corrected chi connectivity index (χ0v) is 8.38. The number of fused-ring (bicyclic) bond motifs is 1. The first-order valence-corrected chi connectivity index (χ1v) is 4.77. The Morgan fingerprint density at radius 1 is 1.27 bits per heavy atom. The topological polar surface area (TPSA) is 39.2 Å². The fraction of sp³-hybridized carbons (Fsp3) is 0.167. The van der Waals surface area contributed by atoms with Gasteiger partial charge in [-0.15, -0.1) is 0 Å². The summed E-state index contributed by atoms with van der Waals surface area (Å²) in [6, 6.07) is 11.5. The number of carbonyl (C=O) groups excluding carboxylic acids is 1. The summed E-state index contributed by atoms with van der Waals surface area (Å²) >= 11 is 0. The van der Waals surface area contributed by atoms with Crippen LogP contribution < -0.4 is 4.74 Å². The molecule has 1 atom stereocenters. The Morgan fingerprint density at radius 2 is 2.07 bits per heavy atom. The molecule has 0 saturated carbocycles. The van der Waals surface area contributed by atoms with Crippen LogP contribution in [0.15, 0.2) is 36.4 Å². The van der Waals surface area contributed by atoms with Crippen LogP contribution in [0.4, 0.5) is 0 Å². The fourth-order valence-electron chi connectivity index (χ4n) is 1.33. The zero-order valence-electron chi connectivity index (χ0n) is 8.38. The van der Waals surface area contributed by atoms with Crippen molar-refractivity contribution in [2.45, 2.75) is 13.0 Å². The quantitative estimate of drug-likeness (QED) is 0.714. The van der Waals surface area contributed by atoms with E-state index >= 15 is 0 Å². The maximum absolute atomic E-state index is 10.4. The second-order valence-electron chi connectivity index (χ2n) is 3.30. The molecule has 2 rings (SSSR count). The Balaban J connectivity index is 2.34. The number of carbonyl (C=O) groups is 1. The summed E-state index contributed by atoms with van der Waals surface area (Å²) in [5.74, 6) is 0.480. The fourth-order valence-corrected chi connectivity index (χ4v) is 1.33. The molecular formula is C12H11NO2. The molecule has 3 heteroatoms. The van der Waals surface area contributed by atoms with Gasteiger partial charge in [0.05, 0.1) is 5.52 Å². The number of nitrogens with zero attached hydrogens (tertiary/aromatic N) is 1. The molecule has 1 heterocycles. The average Bonchev–Trinajstić information content (AvgIpc) is 2.29. The van der Waals surface area contributed by atoms with Gasteiger partial charge in [0, 0.05) is 11.5 Å². The summed E-state index contributed by atoms with van der Waals surface area (Å²) in [5.41, 5.74) is 0.869. The molecule has 0 bridgehead atoms. The van der Waals surface area contributed by atoms with Crippen molar-refractivity contribution in [2.75, 3.05) is 0 Å². The zero-order chi connectivity index (χ0) is 10.7. The number of aldehydes is 1. The lowest BCUT2D eigenvalue weighted by molar-refractivity contribution is -0.113. The van der Waals surface area contributed by atoms with Gasteiger partial charge in [0.15, 0.2) is 12.4 Å². The average molecular weight is 201 g/mol. The molecule has 0 aliphatic carbocycles. The maximum atomic E-state index is 10.4. The van der Waals surface area contributed by atoms with Crippen LogP contribution in [0, 0.1) is 0 Å². The number of hydrogen-bond donors (Lipinski definition) is 0. The molecular weight excluding hydrogens is 190 g/mol. The van der Waals surface area contributed by atoms with E-state index in [2.05, 4.69) is 4.98 Å². The largest absolute Gasteiger partial charge is 0.467 e. The summed E-state index contributed by atoms with van der Waals surface area (Å²) in [5, 5.41) is 1.06. The highest BCUT2D eigenvalue weighted by atomic mass is 16.5. The van der Waals surface area contributed by atoms with Crippen molar-refractivity contribution in [2.24, 2.45) is 0 Å². The first-order valence-electron chi connectivity index (χ1n) is 4.77. The van der Waals surface area contributed by atoms with E-state index in [-0.39, 0.29) is 0 Å². The highest BCUT2D eigenvalue weighted by molar-refractivity contribution is 5.78. The van der Waals surface area contributed by atoms with Crippen molar-refractivity contribution < 1.29 is 9.53 Å². The number of hydrogen-bond acceptors (Lipinski definition) is 3. The highest BCUT2D eigenvalue weighted by Crippen LogP contribution is 2.16. The van der Waals surface area contributed by atoms with E-state index in [0.29, 0.717) is 5.88 Å². The van der Waals surface area contributed by atoms with Crippen molar-refractivity contribution in [3.05, 3.63) is 36.4 Å². The van der Waals surface area contributed by atoms with E-state index < -0.39 is 6.10 Å². The second kappa shape index (κ2) is 4.09. The van der Waals surface area contributed by atoms with Crippen molar-refractivity contribution in [1.29, 1.82) is 0 Å². The molecule has 1 aromatic heterocycles. The summed E-state index contributed by atoms with van der Waals surface area (Å²) in [7, 11) is 0. The third-order valence-electron chi connectivity index (χ3n) is 2.07. The van der Waals surface area contributed by atoms with E-state index in [1.54, 1.807) is 13.0 Å². The molecule has 1 aromatic carbocycles. The van der Waals surface area contributed by atoms with Gasteiger partial charge in [-0.1, -0.05) is 18.2 Å². The predicted octanol–water partition coefficient (Wildman–Crippen LogP) is 2.20. The van der Waals surface area contributed by atoms with Gasteiger partial charge < -0.3 is 4.74 Å². The molecule has 0 radical (unpaired) electrons. The Labute approximate surface area is 87.7 Å². The Morgan fingerprint density at radius 3 is 2.87 bits per heavy atom. The third-order valence-corrected chi connectivity index (χ3v) is 2.07. The van der Waals surface area contributed by atoms with E-state index in [1.807, 2.05) is 30.3 Å². The van der Waals surface area contributed by atoms with E-state index in [9.17, 15) is 4.79 Å². The van der Waals surface area contributed by atoms with Gasteiger partial charge >= 0.3 is 0 Å². The molecule has 15 heavy (non-hydrogen) atoms. The number of aromatic nitrogens is 1. The predicted molar refractivity (Wildman–Crippen MR) is 57.9 cm³/mol. The number of pyridine rings is 1. The molecule has 0 aliphatic heterocycles. The van der Waals surface area contributed by atoms with Crippen LogP contribution in [0.5, 0.6) is 5.88 Å². The molecule has 76 valence electrons. The first-order chi connectivity index (χ1) is 7.29. The minimum absolute atomic E-state index is 0.460. The summed E-state index contributed by atoms with van der Waals surface area (Å²) < 4.78 is 5.29. The van der Waals surface area contributed by atoms with Gasteiger partial charge in [0.25, 0.3) is 0 Å². The van der Waals surface area contributed by atoms with Crippen LogP contribution in [0.25, 0.3) is 10.9 Å². The van der Waals surface area contributed by atoms with E-state index in [1.165, 1.54) is 0 Å². The summed E-state index contributed by atoms with van der Waals surface area (Å²) in [4.78, 5) is 14.7. The van der Waals surface area contributed by atoms with E-state index in [0.717, 1.165) is 17.2 Å². The van der Waals surface area contributed by atoms with Crippen molar-refractivity contribution in [1.82, 2.24) is 4.98 Å². The Bertz CT molecular complexity index is 482. The van der Waals surface area contributed by atoms with Crippen molar-refractivity contribution in [3.63, 3.8) is 0 Å². The lowest BCUT2D eigenvalue weighted by Gasteiger charge is -2.07. The lowest BCUT2D eigenvalue weighted by atomic mass is 10.2. The minimum atomic E-state index is -0.460. The van der Waals surface area contributed by atoms with Crippen molar-refractivity contribution >= 4 is 17.2 Å². The van der Waals surface area contributed by atoms with Crippen LogP contribution in [-0.2, 0) is 4.79 Å². The molecule has 1 unspecified atom stereocenters. The third kappa shape index (κ3) is 2.13. The number of ether oxygens (including phenoxy) is 1. The Hall–Kier alpha value is -1.90. The molecule has 2 aromatic rings. The number of para-hydroxylation sites is 1. The first kappa shape index (κ1) is 9.65. The smallest absolute Gasteiger partial charge is 0.214 e. The van der Waals surface area contributed by atoms with Crippen LogP contribution >= 0.6 is 0 Å². The SMILES string of the molecule is CC(C=O)Oc1ccc2ccccc2n1. The van der Waals surface area contributed by atoms with Crippen LogP contribution in [0.2, 0.25) is 0 Å². The van der Waals surface area contributed by atoms with Crippen LogP contribution in [-0.4, -0.2) is 17.4 Å². The molecule has 0 N–H and O–H groups in total. The molecule has 0 fully saturated rings. The Kier molecular flexibility index (Phi) is 2.63. The molecule has 0 amide bonds. The molecule has 3 nitrogen and oxygen atoms in total. The lowest BCUT2D eigenvalue weighted by Crippen LogP contribution is -2.13. The van der Waals surface area contributed by atoms with Gasteiger partial charge in [-0.25, -0.2) is 4.98 Å². The van der Waals surface area contributed by atoms with Gasteiger partial charge in [-0.3, -0.25) is 4.79 Å². The summed E-state index contributed by atoms with van der Waals surface area (Å²) in [6.07, 6.45) is 0.287. The molecule has 0 saturated heterocycles. The number of benzene rings is 1. The molecule has 0 aliphatic rings. The minimum Gasteiger partial charge on any atom is -0.467 e. The molecule has 0 spiro atoms. The second-order valence-corrected chi connectivity index (χ2v) is 3.30. The van der Waals surface area contributed by atoms with Gasteiger partial charge in [-0.05, 0) is 19.1 Å². The van der Waals surface area contributed by atoms with Gasteiger partial charge in [-0.2, -0.15) is 0 Å². The summed E-state index contributed by atoms with van der Waals surface area (Å²) in [6.45, 7) is 1.68. The van der Waals surface area contributed by atoms with E-state index in [4.69, 9.17) is 4.74 Å². The van der Waals surface area contributed by atoms with Crippen molar-refractivity contribution in [3.8, 4) is 5.88 Å². The maximum Gasteiger partial charge on any atom is 0.214 e. The normalized spacial score (nSPS) is 12.3. The standard InChI is InChI=1S/C12H11NO2/c1-9(8-14)15-12-7-6-10-4-2-3-5-11(10)13-12/h2-9H,1H3. The van der Waals surface area contributed by atoms with Crippen LogP contribution in [0.1, 0.15) is 6.92 Å². The van der Waals surface area contributed by atoms with Gasteiger partial charge in [0.2, 0.25) is 5.88 Å². The van der Waals surface area contributed by atoms with Crippen LogP contribution in [0.3, 0.4) is 0 Å². The highest BCUT2D eigenvalue weighted by Gasteiger charge is 2.03. The monoisotopic (exact) mass is 201 g/mol.